The van der Waals surface area contributed by atoms with Crippen LogP contribution in [-0.2, 0) is 9.59 Å². The maximum Gasteiger partial charge on any atom is 0.316 e. The molecule has 0 aromatic heterocycles. The van der Waals surface area contributed by atoms with E-state index in [-0.39, 0.29) is 11.9 Å². The maximum absolute atomic E-state index is 12.8. The fourth-order valence-electron chi connectivity index (χ4n) is 3.91. The fraction of sp³-hybridized carbons (Fsp3) is 0.875. The van der Waals surface area contributed by atoms with Crippen molar-refractivity contribution in [3.8, 4) is 0 Å². The van der Waals surface area contributed by atoms with Crippen molar-refractivity contribution < 1.29 is 14.7 Å². The summed E-state index contributed by atoms with van der Waals surface area (Å²) < 4.78 is 0. The first-order chi connectivity index (χ1) is 9.32. The Hall–Kier alpha value is -1.06. The quantitative estimate of drug-likeness (QED) is 0.792. The largest absolute Gasteiger partial charge is 0.481 e. The second-order valence-electron chi connectivity index (χ2n) is 7.42. The van der Waals surface area contributed by atoms with Gasteiger partial charge in [0.15, 0.2) is 0 Å². The van der Waals surface area contributed by atoms with Crippen LogP contribution in [0.1, 0.15) is 59.3 Å². The lowest BCUT2D eigenvalue weighted by Gasteiger charge is -2.46. The molecule has 1 aliphatic heterocycles. The fourth-order valence-corrected chi connectivity index (χ4v) is 3.91. The second kappa shape index (κ2) is 5.74. The van der Waals surface area contributed by atoms with Crippen LogP contribution in [-0.4, -0.2) is 34.5 Å². The van der Waals surface area contributed by atoms with Gasteiger partial charge in [0.25, 0.3) is 0 Å². The number of carbonyl (C=O) groups excluding carboxylic acids is 1. The summed E-state index contributed by atoms with van der Waals surface area (Å²) in [5, 5.41) is 9.46. The Morgan fingerprint density at radius 2 is 1.70 bits per heavy atom. The van der Waals surface area contributed by atoms with Gasteiger partial charge in [-0.15, -0.1) is 0 Å². The number of fused-ring (bicyclic) bond motifs is 1. The van der Waals surface area contributed by atoms with E-state index in [0.29, 0.717) is 5.92 Å². The lowest BCUT2D eigenvalue weighted by atomic mass is 9.75. The molecule has 1 heterocycles. The van der Waals surface area contributed by atoms with E-state index in [0.717, 1.165) is 25.8 Å². The smallest absolute Gasteiger partial charge is 0.316 e. The minimum absolute atomic E-state index is 0.165. The second-order valence-corrected chi connectivity index (χ2v) is 7.42. The van der Waals surface area contributed by atoms with Crippen molar-refractivity contribution in [3.63, 3.8) is 0 Å². The van der Waals surface area contributed by atoms with Crippen LogP contribution in [0, 0.1) is 17.3 Å². The Morgan fingerprint density at radius 1 is 1.10 bits per heavy atom. The molecule has 0 aromatic rings. The number of hydrogen-bond acceptors (Lipinski definition) is 2. The molecular weight excluding hydrogens is 254 g/mol. The van der Waals surface area contributed by atoms with Gasteiger partial charge in [-0.3, -0.25) is 9.59 Å². The highest BCUT2D eigenvalue weighted by molar-refractivity contribution is 5.98. The topological polar surface area (TPSA) is 57.6 Å². The summed E-state index contributed by atoms with van der Waals surface area (Å²) >= 11 is 0. The number of rotatable bonds is 2. The van der Waals surface area contributed by atoms with Crippen LogP contribution in [0.2, 0.25) is 0 Å². The van der Waals surface area contributed by atoms with Crippen molar-refractivity contribution in [1.82, 2.24) is 4.90 Å². The van der Waals surface area contributed by atoms with Crippen molar-refractivity contribution in [2.24, 2.45) is 17.3 Å². The molecule has 0 bridgehead atoms. The molecule has 2 rings (SSSR count). The Labute approximate surface area is 121 Å². The van der Waals surface area contributed by atoms with E-state index in [1.54, 1.807) is 0 Å². The van der Waals surface area contributed by atoms with E-state index in [1.807, 2.05) is 25.7 Å². The van der Waals surface area contributed by atoms with Gasteiger partial charge in [-0.05, 0) is 37.0 Å². The number of nitrogens with zero attached hydrogens (tertiary/aromatic N) is 1. The number of carboxylic acid groups (broad SMARTS) is 1. The molecule has 0 spiro atoms. The third-order valence-electron chi connectivity index (χ3n) is 4.89. The summed E-state index contributed by atoms with van der Waals surface area (Å²) in [5.74, 6) is -1.49. The number of piperidine rings is 1. The molecule has 1 aliphatic carbocycles. The first-order valence-electron chi connectivity index (χ1n) is 7.85. The van der Waals surface area contributed by atoms with Gasteiger partial charge in [0.05, 0.1) is 0 Å². The summed E-state index contributed by atoms with van der Waals surface area (Å²) in [5.41, 5.74) is -0.537. The van der Waals surface area contributed by atoms with Crippen LogP contribution in [0.3, 0.4) is 0 Å². The van der Waals surface area contributed by atoms with Gasteiger partial charge in [-0.2, -0.15) is 0 Å². The molecule has 1 saturated heterocycles. The molecule has 0 aromatic carbocycles. The average Bonchev–Trinajstić information content (AvgIpc) is 2.35. The maximum atomic E-state index is 12.8. The van der Waals surface area contributed by atoms with Crippen LogP contribution < -0.4 is 0 Å². The van der Waals surface area contributed by atoms with Gasteiger partial charge in [0.1, 0.15) is 5.92 Å². The first-order valence-corrected chi connectivity index (χ1v) is 7.85. The molecule has 1 N–H and O–H groups in total. The van der Waals surface area contributed by atoms with Crippen LogP contribution in [0.4, 0.5) is 0 Å². The summed E-state index contributed by atoms with van der Waals surface area (Å²) in [7, 11) is 0. The van der Waals surface area contributed by atoms with E-state index in [2.05, 4.69) is 0 Å². The molecule has 1 unspecified atom stereocenters. The predicted molar refractivity (Wildman–Crippen MR) is 77.3 cm³/mol. The molecular formula is C16H27NO3. The number of amides is 1. The predicted octanol–water partition coefficient (Wildman–Crippen LogP) is 2.91. The van der Waals surface area contributed by atoms with E-state index in [1.165, 1.54) is 19.3 Å². The average molecular weight is 281 g/mol. The van der Waals surface area contributed by atoms with Gasteiger partial charge in [-0.25, -0.2) is 0 Å². The summed E-state index contributed by atoms with van der Waals surface area (Å²) in [4.78, 5) is 26.2. The highest BCUT2D eigenvalue weighted by atomic mass is 16.4. The lowest BCUT2D eigenvalue weighted by Crippen LogP contribution is -2.54. The molecule has 4 nitrogen and oxygen atoms in total. The zero-order valence-corrected chi connectivity index (χ0v) is 12.9. The molecule has 2 aliphatic rings. The van der Waals surface area contributed by atoms with Gasteiger partial charge in [0.2, 0.25) is 5.91 Å². The Balaban J connectivity index is 2.19. The third kappa shape index (κ3) is 2.99. The number of aliphatic carboxylic acids is 1. The molecule has 20 heavy (non-hydrogen) atoms. The highest BCUT2D eigenvalue weighted by Gasteiger charge is 2.44. The van der Waals surface area contributed by atoms with E-state index in [4.69, 9.17) is 0 Å². The molecule has 4 heteroatoms. The molecule has 2 fully saturated rings. The normalized spacial score (nSPS) is 28.6. The Morgan fingerprint density at radius 3 is 2.30 bits per heavy atom. The van der Waals surface area contributed by atoms with Crippen LogP contribution in [0.5, 0.6) is 0 Å². The standard InChI is InChI=1S/C16H27NO3/c1-16(2,3)13(15(19)20)14(18)17-10-6-8-11-7-4-5-9-12(11)17/h11-13H,4-10H2,1-3H3,(H,19,20)/t11-,12-,13?/m1/s1. The van der Waals surface area contributed by atoms with Crippen molar-refractivity contribution in [2.45, 2.75) is 65.3 Å². The first kappa shape index (κ1) is 15.3. The molecule has 114 valence electrons. The van der Waals surface area contributed by atoms with Crippen LogP contribution in [0.25, 0.3) is 0 Å². The van der Waals surface area contributed by atoms with E-state index >= 15 is 0 Å². The number of hydrogen-bond donors (Lipinski definition) is 1. The van der Waals surface area contributed by atoms with Gasteiger partial charge >= 0.3 is 5.97 Å². The molecule has 1 amide bonds. The third-order valence-corrected chi connectivity index (χ3v) is 4.89. The summed E-state index contributed by atoms with van der Waals surface area (Å²) in [6.07, 6.45) is 6.88. The zero-order chi connectivity index (χ0) is 14.9. The monoisotopic (exact) mass is 281 g/mol. The van der Waals surface area contributed by atoms with Crippen LogP contribution >= 0.6 is 0 Å². The Kier molecular flexibility index (Phi) is 4.40. The summed E-state index contributed by atoms with van der Waals surface area (Å²) in [6.45, 7) is 6.25. The minimum atomic E-state index is -0.986. The van der Waals surface area contributed by atoms with Crippen molar-refractivity contribution in [2.75, 3.05) is 6.54 Å². The molecule has 0 radical (unpaired) electrons. The summed E-state index contributed by atoms with van der Waals surface area (Å²) in [6, 6.07) is 0.286. The van der Waals surface area contributed by atoms with E-state index in [9.17, 15) is 14.7 Å². The van der Waals surface area contributed by atoms with Crippen molar-refractivity contribution in [3.05, 3.63) is 0 Å². The van der Waals surface area contributed by atoms with Crippen LogP contribution in [0.15, 0.2) is 0 Å². The SMILES string of the molecule is CC(C)(C)C(C(=O)O)C(=O)N1CCC[C@H]2CCCC[C@H]21. The number of carbonyl (C=O) groups is 2. The number of carboxylic acids is 1. The van der Waals surface area contributed by atoms with Gasteiger partial charge < -0.3 is 10.0 Å². The Bertz CT molecular complexity index is 384. The number of likely N-dealkylation sites (tertiary alicyclic amines) is 1. The molecule has 1 saturated carbocycles. The van der Waals surface area contributed by atoms with Crippen molar-refractivity contribution in [1.29, 1.82) is 0 Å². The van der Waals surface area contributed by atoms with Gasteiger partial charge in [0, 0.05) is 12.6 Å². The van der Waals surface area contributed by atoms with Gasteiger partial charge in [-0.1, -0.05) is 33.6 Å². The molecule has 3 atom stereocenters. The highest BCUT2D eigenvalue weighted by Crippen LogP contribution is 2.37. The lowest BCUT2D eigenvalue weighted by molar-refractivity contribution is -0.159. The van der Waals surface area contributed by atoms with Crippen molar-refractivity contribution >= 4 is 11.9 Å². The zero-order valence-electron chi connectivity index (χ0n) is 12.9. The van der Waals surface area contributed by atoms with E-state index < -0.39 is 17.3 Å². The minimum Gasteiger partial charge on any atom is -0.481 e.